The number of ether oxygens (including phenoxy) is 1. The maximum atomic E-state index is 14.5. The van der Waals surface area contributed by atoms with Crippen molar-refractivity contribution in [1.29, 1.82) is 0 Å². The monoisotopic (exact) mass is 511 g/mol. The van der Waals surface area contributed by atoms with Crippen molar-refractivity contribution in [2.24, 2.45) is 0 Å². The number of nitrogens with zero attached hydrogens (tertiary/aromatic N) is 5. The molecule has 3 aromatic rings. The van der Waals surface area contributed by atoms with E-state index in [1.807, 2.05) is 0 Å². The van der Waals surface area contributed by atoms with E-state index in [4.69, 9.17) is 16.3 Å². The Hall–Kier alpha value is -2.50. The zero-order chi connectivity index (χ0) is 24.6. The van der Waals surface area contributed by atoms with Crippen molar-refractivity contribution in [2.45, 2.75) is 51.1 Å². The van der Waals surface area contributed by atoms with Gasteiger partial charge >= 0.3 is 0 Å². The first kappa shape index (κ1) is 24.6. The molecule has 0 spiro atoms. The molecule has 1 saturated heterocycles. The molecule has 12 heteroatoms. The number of alkyl halides is 1. The molecule has 7 nitrogen and oxygen atoms in total. The van der Waals surface area contributed by atoms with Crippen molar-refractivity contribution in [1.82, 2.24) is 24.6 Å². The molecule has 0 unspecified atom stereocenters. The molecule has 1 aliphatic heterocycles. The van der Waals surface area contributed by atoms with Gasteiger partial charge in [0.25, 0.3) is 5.91 Å². The van der Waals surface area contributed by atoms with E-state index in [2.05, 4.69) is 34.7 Å². The van der Waals surface area contributed by atoms with Crippen LogP contribution < -0.4 is 0 Å². The lowest BCUT2D eigenvalue weighted by molar-refractivity contribution is 0.0702. The van der Waals surface area contributed by atoms with Crippen LogP contribution in [-0.4, -0.2) is 58.0 Å². The minimum absolute atomic E-state index is 0.00572. The van der Waals surface area contributed by atoms with Crippen molar-refractivity contribution in [3.05, 3.63) is 52.6 Å². The Labute approximate surface area is 200 Å². The van der Waals surface area contributed by atoms with Crippen LogP contribution in [0.4, 0.5) is 13.2 Å². The molecular formula is C22H25ClF3N5O2Si. The van der Waals surface area contributed by atoms with E-state index in [0.29, 0.717) is 12.3 Å². The lowest BCUT2D eigenvalue weighted by atomic mass is 10.0. The second-order valence-corrected chi connectivity index (χ2v) is 15.5. The van der Waals surface area contributed by atoms with E-state index in [-0.39, 0.29) is 41.5 Å². The van der Waals surface area contributed by atoms with Gasteiger partial charge in [-0.1, -0.05) is 31.2 Å². The smallest absolute Gasteiger partial charge is 0.275 e. The first-order chi connectivity index (χ1) is 16.0. The lowest BCUT2D eigenvalue weighted by Crippen LogP contribution is -2.32. The molecule has 1 amide bonds. The quantitative estimate of drug-likeness (QED) is 0.254. The number of fused-ring (bicyclic) bond motifs is 1. The Balaban J connectivity index is 1.67. The third-order valence-electron chi connectivity index (χ3n) is 5.72. The van der Waals surface area contributed by atoms with Crippen molar-refractivity contribution in [3.8, 4) is 0 Å². The molecule has 0 saturated carbocycles. The summed E-state index contributed by atoms with van der Waals surface area (Å²) in [6, 6.07) is 2.87. The van der Waals surface area contributed by atoms with Gasteiger partial charge < -0.3 is 9.64 Å². The molecule has 4 rings (SSSR count). The minimum Gasteiger partial charge on any atom is -0.359 e. The number of hydrogen-bond acceptors (Lipinski definition) is 5. The van der Waals surface area contributed by atoms with Crippen molar-refractivity contribution in [3.63, 3.8) is 0 Å². The first-order valence-corrected chi connectivity index (χ1v) is 15.0. The summed E-state index contributed by atoms with van der Waals surface area (Å²) in [5.41, 5.74) is 0.111. The summed E-state index contributed by atoms with van der Waals surface area (Å²) in [5, 5.41) is 4.56. The normalized spacial score (nSPS) is 18.7. The van der Waals surface area contributed by atoms with Gasteiger partial charge in [-0.15, -0.1) is 0 Å². The van der Waals surface area contributed by atoms with E-state index in [1.165, 1.54) is 11.0 Å². The Morgan fingerprint density at radius 2 is 2.03 bits per heavy atom. The number of amides is 1. The maximum absolute atomic E-state index is 14.5. The highest BCUT2D eigenvalue weighted by molar-refractivity contribution is 6.76. The Bertz CT molecular complexity index is 1220. The summed E-state index contributed by atoms with van der Waals surface area (Å²) in [6.07, 6.45) is -0.312. The molecule has 2 atom stereocenters. The van der Waals surface area contributed by atoms with Crippen LogP contribution in [0.15, 0.2) is 24.5 Å². The Kier molecular flexibility index (Phi) is 6.97. The van der Waals surface area contributed by atoms with E-state index in [1.54, 1.807) is 0 Å². The predicted molar refractivity (Wildman–Crippen MR) is 124 cm³/mol. The van der Waals surface area contributed by atoms with Gasteiger partial charge in [0.1, 0.15) is 36.0 Å². The summed E-state index contributed by atoms with van der Waals surface area (Å²) < 4.78 is 49.8. The largest absolute Gasteiger partial charge is 0.359 e. The molecule has 0 aliphatic carbocycles. The minimum atomic E-state index is -1.40. The third-order valence-corrected chi connectivity index (χ3v) is 7.71. The molecule has 0 radical (unpaired) electrons. The van der Waals surface area contributed by atoms with E-state index >= 15 is 0 Å². The molecule has 182 valence electrons. The second kappa shape index (κ2) is 9.63. The molecule has 1 aromatic carbocycles. The Morgan fingerprint density at radius 1 is 1.26 bits per heavy atom. The molecule has 0 bridgehead atoms. The third kappa shape index (κ3) is 5.11. The van der Waals surface area contributed by atoms with Gasteiger partial charge in [0, 0.05) is 26.7 Å². The maximum Gasteiger partial charge on any atom is 0.275 e. The highest BCUT2D eigenvalue weighted by Crippen LogP contribution is 2.37. The van der Waals surface area contributed by atoms with Crippen LogP contribution in [0, 0.1) is 11.6 Å². The van der Waals surface area contributed by atoms with Crippen LogP contribution in [0.25, 0.3) is 11.0 Å². The fourth-order valence-corrected chi connectivity index (χ4v) is 4.93. The molecular weight excluding hydrogens is 487 g/mol. The van der Waals surface area contributed by atoms with Crippen molar-refractivity contribution in [2.75, 3.05) is 13.2 Å². The van der Waals surface area contributed by atoms with Gasteiger partial charge in [0.05, 0.1) is 18.0 Å². The van der Waals surface area contributed by atoms with Gasteiger partial charge in [0.2, 0.25) is 0 Å². The highest BCUT2D eigenvalue weighted by atomic mass is 35.5. The summed E-state index contributed by atoms with van der Waals surface area (Å²) >= 11 is 6.28. The fourth-order valence-electron chi connectivity index (χ4n) is 3.95. The van der Waals surface area contributed by atoms with Gasteiger partial charge in [-0.2, -0.15) is 5.10 Å². The van der Waals surface area contributed by atoms with Crippen LogP contribution in [0.1, 0.15) is 28.5 Å². The fraction of sp³-hybridized carbons (Fsp3) is 0.455. The molecule has 2 aromatic heterocycles. The van der Waals surface area contributed by atoms with Gasteiger partial charge in [0.15, 0.2) is 11.3 Å². The number of carbonyl (C=O) groups excluding carboxylic acids is 1. The van der Waals surface area contributed by atoms with Gasteiger partial charge in [-0.05, 0) is 24.2 Å². The molecule has 1 fully saturated rings. The summed E-state index contributed by atoms with van der Waals surface area (Å²) in [4.78, 5) is 22.8. The first-order valence-electron chi connectivity index (χ1n) is 10.9. The summed E-state index contributed by atoms with van der Waals surface area (Å²) in [7, 11) is -1.30. The average molecular weight is 512 g/mol. The average Bonchev–Trinajstić information content (AvgIpc) is 3.33. The van der Waals surface area contributed by atoms with E-state index in [0.717, 1.165) is 29.1 Å². The number of likely N-dealkylation sites (tertiary alicyclic amines) is 1. The number of aromatic nitrogens is 4. The summed E-state index contributed by atoms with van der Waals surface area (Å²) in [6.45, 7) is 6.97. The van der Waals surface area contributed by atoms with Crippen LogP contribution in [0.5, 0.6) is 0 Å². The van der Waals surface area contributed by atoms with Crippen LogP contribution in [0.2, 0.25) is 30.8 Å². The van der Waals surface area contributed by atoms with E-state index in [9.17, 15) is 18.0 Å². The van der Waals surface area contributed by atoms with Gasteiger partial charge in [-0.25, -0.2) is 27.8 Å². The zero-order valence-corrected chi connectivity index (χ0v) is 20.8. The molecule has 3 heterocycles. The van der Waals surface area contributed by atoms with Crippen LogP contribution in [0.3, 0.4) is 0 Å². The number of carbonyl (C=O) groups is 1. The van der Waals surface area contributed by atoms with Crippen molar-refractivity contribution >= 4 is 36.6 Å². The predicted octanol–water partition coefficient (Wildman–Crippen LogP) is 5.00. The number of rotatable bonds is 7. The van der Waals surface area contributed by atoms with E-state index < -0.39 is 37.8 Å². The SMILES string of the molecule is C[Si](C)(C)CCOCn1nc(C(=O)N2C[C@@H](F)C[C@@H]2c2cc(F)ccc2F)c2c(Cl)ncnc21. The summed E-state index contributed by atoms with van der Waals surface area (Å²) in [5.74, 6) is -2.06. The standard InChI is InChI=1S/C22H25ClF3N5O2Si/c1-34(2,3)7-6-33-12-31-21-18(20(23)27-11-28-21)19(29-31)22(32)30-10-14(25)9-17(30)15-8-13(24)4-5-16(15)26/h4-5,8,11,14,17H,6-7,9-10,12H2,1-3H3/t14-,17+/m0/s1. The highest BCUT2D eigenvalue weighted by Gasteiger charge is 2.40. The topological polar surface area (TPSA) is 73.1 Å². The van der Waals surface area contributed by atoms with Crippen LogP contribution in [-0.2, 0) is 11.5 Å². The number of hydrogen-bond donors (Lipinski definition) is 0. The Morgan fingerprint density at radius 3 is 2.76 bits per heavy atom. The molecule has 1 aliphatic rings. The van der Waals surface area contributed by atoms with Gasteiger partial charge in [-0.3, -0.25) is 4.79 Å². The lowest BCUT2D eigenvalue weighted by Gasteiger charge is -2.24. The molecule has 34 heavy (non-hydrogen) atoms. The molecule has 0 N–H and O–H groups in total. The number of benzene rings is 1. The second-order valence-electron chi connectivity index (χ2n) is 9.53. The number of halogens is 4. The zero-order valence-electron chi connectivity index (χ0n) is 19.1. The van der Waals surface area contributed by atoms with Crippen LogP contribution >= 0.6 is 11.6 Å². The van der Waals surface area contributed by atoms with Crippen molar-refractivity contribution < 1.29 is 22.7 Å².